The summed E-state index contributed by atoms with van der Waals surface area (Å²) in [6, 6.07) is 0. The second-order valence-electron chi connectivity index (χ2n) is 5.42. The lowest BCUT2D eigenvalue weighted by Gasteiger charge is -2.34. The van der Waals surface area contributed by atoms with Crippen LogP contribution in [0.25, 0.3) is 0 Å². The summed E-state index contributed by atoms with van der Waals surface area (Å²) in [6.45, 7) is 6.57. The van der Waals surface area contributed by atoms with Crippen LogP contribution in [0.3, 0.4) is 0 Å². The summed E-state index contributed by atoms with van der Waals surface area (Å²) in [5.41, 5.74) is -0.214. The normalized spacial score (nSPS) is 19.5. The van der Waals surface area contributed by atoms with Crippen molar-refractivity contribution in [1.82, 2.24) is 4.90 Å². The molecule has 0 aromatic carbocycles. The molecular formula is C14H25NO3. The zero-order chi connectivity index (χ0) is 13.8. The maximum absolute atomic E-state index is 12.6. The molecule has 1 aliphatic rings. The van der Waals surface area contributed by atoms with Gasteiger partial charge in [-0.05, 0) is 26.2 Å². The van der Waals surface area contributed by atoms with Crippen molar-refractivity contribution in [2.75, 3.05) is 13.1 Å². The fourth-order valence-electron chi connectivity index (χ4n) is 2.87. The van der Waals surface area contributed by atoms with Gasteiger partial charge in [-0.1, -0.05) is 26.7 Å². The van der Waals surface area contributed by atoms with Gasteiger partial charge in [0.05, 0.1) is 5.92 Å². The third-order valence-corrected chi connectivity index (χ3v) is 4.28. The molecule has 1 aliphatic carbocycles. The number of amides is 1. The average Bonchev–Trinajstić information content (AvgIpc) is 2.84. The molecule has 1 rings (SSSR count). The van der Waals surface area contributed by atoms with E-state index in [0.717, 1.165) is 32.1 Å². The molecule has 18 heavy (non-hydrogen) atoms. The van der Waals surface area contributed by atoms with E-state index in [-0.39, 0.29) is 11.3 Å². The van der Waals surface area contributed by atoms with Crippen LogP contribution in [0.1, 0.15) is 52.9 Å². The van der Waals surface area contributed by atoms with E-state index in [0.29, 0.717) is 13.1 Å². The molecule has 1 atom stereocenters. The molecule has 0 bridgehead atoms. The zero-order valence-corrected chi connectivity index (χ0v) is 11.7. The maximum atomic E-state index is 12.6. The van der Waals surface area contributed by atoms with Gasteiger partial charge in [0.25, 0.3) is 0 Å². The first kappa shape index (κ1) is 15.0. The van der Waals surface area contributed by atoms with Crippen LogP contribution in [0.5, 0.6) is 0 Å². The summed E-state index contributed by atoms with van der Waals surface area (Å²) >= 11 is 0. The molecule has 4 nitrogen and oxygen atoms in total. The SMILES string of the molecule is CCN(CC(C)C(=O)O)C(=O)C1(CC)CCCC1. The molecule has 1 fully saturated rings. The molecule has 0 aromatic rings. The minimum Gasteiger partial charge on any atom is -0.481 e. The van der Waals surface area contributed by atoms with Crippen molar-refractivity contribution in [3.05, 3.63) is 0 Å². The number of carboxylic acids is 1. The lowest BCUT2D eigenvalue weighted by molar-refractivity contribution is -0.146. The van der Waals surface area contributed by atoms with Crippen molar-refractivity contribution < 1.29 is 14.7 Å². The van der Waals surface area contributed by atoms with Gasteiger partial charge in [0.1, 0.15) is 0 Å². The topological polar surface area (TPSA) is 57.6 Å². The van der Waals surface area contributed by atoms with Crippen LogP contribution < -0.4 is 0 Å². The summed E-state index contributed by atoms with van der Waals surface area (Å²) < 4.78 is 0. The highest BCUT2D eigenvalue weighted by Gasteiger charge is 2.41. The molecule has 4 heteroatoms. The van der Waals surface area contributed by atoms with Crippen molar-refractivity contribution in [1.29, 1.82) is 0 Å². The van der Waals surface area contributed by atoms with Crippen molar-refractivity contribution in [2.24, 2.45) is 11.3 Å². The number of rotatable bonds is 6. The number of hydrogen-bond acceptors (Lipinski definition) is 2. The highest BCUT2D eigenvalue weighted by molar-refractivity contribution is 5.83. The van der Waals surface area contributed by atoms with E-state index < -0.39 is 11.9 Å². The zero-order valence-electron chi connectivity index (χ0n) is 11.7. The fraction of sp³-hybridized carbons (Fsp3) is 0.857. The lowest BCUT2D eigenvalue weighted by atomic mass is 9.81. The molecule has 0 saturated heterocycles. The molecule has 1 N–H and O–H groups in total. The Balaban J connectivity index is 2.75. The van der Waals surface area contributed by atoms with Gasteiger partial charge in [0, 0.05) is 18.5 Å². The Morgan fingerprint density at radius 2 is 1.83 bits per heavy atom. The fourth-order valence-corrected chi connectivity index (χ4v) is 2.87. The van der Waals surface area contributed by atoms with Gasteiger partial charge in [-0.25, -0.2) is 0 Å². The molecule has 0 spiro atoms. The maximum Gasteiger partial charge on any atom is 0.308 e. The van der Waals surface area contributed by atoms with Crippen LogP contribution in [-0.4, -0.2) is 35.0 Å². The van der Waals surface area contributed by atoms with Gasteiger partial charge < -0.3 is 10.0 Å². The molecule has 0 radical (unpaired) electrons. The van der Waals surface area contributed by atoms with Crippen molar-refractivity contribution in [3.8, 4) is 0 Å². The number of aliphatic carboxylic acids is 1. The Bertz CT molecular complexity index is 308. The molecule has 0 aliphatic heterocycles. The number of nitrogens with zero attached hydrogens (tertiary/aromatic N) is 1. The Hall–Kier alpha value is -1.06. The van der Waals surface area contributed by atoms with E-state index >= 15 is 0 Å². The summed E-state index contributed by atoms with van der Waals surface area (Å²) in [5, 5.41) is 8.96. The highest BCUT2D eigenvalue weighted by atomic mass is 16.4. The van der Waals surface area contributed by atoms with E-state index in [1.807, 2.05) is 6.92 Å². The largest absolute Gasteiger partial charge is 0.481 e. The third-order valence-electron chi connectivity index (χ3n) is 4.28. The number of hydrogen-bond donors (Lipinski definition) is 1. The van der Waals surface area contributed by atoms with Crippen LogP contribution in [0.2, 0.25) is 0 Å². The van der Waals surface area contributed by atoms with E-state index in [1.54, 1.807) is 11.8 Å². The molecule has 1 saturated carbocycles. The van der Waals surface area contributed by atoms with E-state index in [4.69, 9.17) is 5.11 Å². The smallest absolute Gasteiger partial charge is 0.308 e. The Kier molecular flexibility index (Phi) is 5.17. The Morgan fingerprint density at radius 1 is 1.28 bits per heavy atom. The van der Waals surface area contributed by atoms with Crippen molar-refractivity contribution in [3.63, 3.8) is 0 Å². The lowest BCUT2D eigenvalue weighted by Crippen LogP contribution is -2.45. The van der Waals surface area contributed by atoms with E-state index in [2.05, 4.69) is 6.92 Å². The number of carboxylic acid groups (broad SMARTS) is 1. The third kappa shape index (κ3) is 3.03. The van der Waals surface area contributed by atoms with E-state index in [1.165, 1.54) is 0 Å². The van der Waals surface area contributed by atoms with Gasteiger partial charge in [0.15, 0.2) is 0 Å². The predicted octanol–water partition coefficient (Wildman–Crippen LogP) is 2.53. The second kappa shape index (κ2) is 6.21. The van der Waals surface area contributed by atoms with Gasteiger partial charge >= 0.3 is 5.97 Å². The Morgan fingerprint density at radius 3 is 2.22 bits per heavy atom. The van der Waals surface area contributed by atoms with Crippen LogP contribution >= 0.6 is 0 Å². The van der Waals surface area contributed by atoms with Crippen molar-refractivity contribution in [2.45, 2.75) is 52.9 Å². The van der Waals surface area contributed by atoms with E-state index in [9.17, 15) is 9.59 Å². The van der Waals surface area contributed by atoms with Crippen LogP contribution in [0, 0.1) is 11.3 Å². The number of carbonyl (C=O) groups is 2. The van der Waals surface area contributed by atoms with Crippen LogP contribution in [0.4, 0.5) is 0 Å². The minimum absolute atomic E-state index is 0.165. The molecular weight excluding hydrogens is 230 g/mol. The second-order valence-corrected chi connectivity index (χ2v) is 5.42. The summed E-state index contributed by atoms with van der Waals surface area (Å²) in [7, 11) is 0. The first-order chi connectivity index (χ1) is 8.46. The van der Waals surface area contributed by atoms with Crippen molar-refractivity contribution >= 4 is 11.9 Å². The summed E-state index contributed by atoms with van der Waals surface area (Å²) in [5.74, 6) is -1.17. The molecule has 1 unspecified atom stereocenters. The molecule has 0 heterocycles. The highest BCUT2D eigenvalue weighted by Crippen LogP contribution is 2.42. The number of carbonyl (C=O) groups excluding carboxylic acids is 1. The average molecular weight is 255 g/mol. The summed E-state index contributed by atoms with van der Waals surface area (Å²) in [4.78, 5) is 25.3. The quantitative estimate of drug-likeness (QED) is 0.793. The summed E-state index contributed by atoms with van der Waals surface area (Å²) in [6.07, 6.45) is 5.02. The minimum atomic E-state index is -0.835. The van der Waals surface area contributed by atoms with Gasteiger partial charge in [-0.3, -0.25) is 9.59 Å². The Labute approximate surface area is 109 Å². The standard InChI is InChI=1S/C14H25NO3/c1-4-14(8-6-7-9-14)13(18)15(5-2)10-11(3)12(16)17/h11H,4-10H2,1-3H3,(H,16,17). The van der Waals surface area contributed by atoms with Crippen LogP contribution in [-0.2, 0) is 9.59 Å². The molecule has 104 valence electrons. The monoisotopic (exact) mass is 255 g/mol. The molecule has 0 aromatic heterocycles. The molecule has 1 amide bonds. The first-order valence-electron chi connectivity index (χ1n) is 6.99. The predicted molar refractivity (Wildman–Crippen MR) is 70.2 cm³/mol. The van der Waals surface area contributed by atoms with Gasteiger partial charge in [-0.2, -0.15) is 0 Å². The first-order valence-corrected chi connectivity index (χ1v) is 6.99. The van der Waals surface area contributed by atoms with Gasteiger partial charge in [0.2, 0.25) is 5.91 Å². The van der Waals surface area contributed by atoms with Gasteiger partial charge in [-0.15, -0.1) is 0 Å². The van der Waals surface area contributed by atoms with Crippen LogP contribution in [0.15, 0.2) is 0 Å².